The largest absolute Gasteiger partial charge is 0.481 e. The Morgan fingerprint density at radius 2 is 2.20 bits per heavy atom. The van der Waals surface area contributed by atoms with Crippen LogP contribution in [-0.4, -0.2) is 16.1 Å². The van der Waals surface area contributed by atoms with Crippen LogP contribution in [0, 0.1) is 12.7 Å². The molecule has 0 fully saturated rings. The SMILES string of the molecule is Cc1c(F)cnc(CC(=O)O)c1C(F)F. The first kappa shape index (κ1) is 11.5. The van der Waals surface area contributed by atoms with E-state index in [1.807, 2.05) is 0 Å². The van der Waals surface area contributed by atoms with Gasteiger partial charge in [-0.15, -0.1) is 0 Å². The number of carboxylic acid groups (broad SMARTS) is 1. The Balaban J connectivity index is 3.26. The first-order chi connectivity index (χ1) is 6.93. The highest BCUT2D eigenvalue weighted by molar-refractivity contribution is 5.70. The summed E-state index contributed by atoms with van der Waals surface area (Å²) in [6, 6.07) is 0. The highest BCUT2D eigenvalue weighted by atomic mass is 19.3. The Labute approximate surface area is 83.6 Å². The van der Waals surface area contributed by atoms with Crippen LogP contribution in [0.15, 0.2) is 6.20 Å². The van der Waals surface area contributed by atoms with Crippen LogP contribution < -0.4 is 0 Å². The highest BCUT2D eigenvalue weighted by Crippen LogP contribution is 2.26. The van der Waals surface area contributed by atoms with Gasteiger partial charge in [-0.25, -0.2) is 13.2 Å². The van der Waals surface area contributed by atoms with Gasteiger partial charge in [0, 0.05) is 5.56 Å². The van der Waals surface area contributed by atoms with Crippen LogP contribution in [0.2, 0.25) is 0 Å². The Morgan fingerprint density at radius 1 is 1.60 bits per heavy atom. The summed E-state index contributed by atoms with van der Waals surface area (Å²) in [7, 11) is 0. The standard InChI is InChI=1S/C9H8F3NO2/c1-4-5(10)3-13-6(2-7(14)15)8(4)9(11)12/h3,9H,2H2,1H3,(H,14,15). The van der Waals surface area contributed by atoms with Gasteiger partial charge in [0.25, 0.3) is 6.43 Å². The number of aliphatic carboxylic acids is 1. The molecule has 0 aromatic carbocycles. The molecule has 1 aromatic rings. The lowest BCUT2D eigenvalue weighted by Gasteiger charge is -2.09. The second-order valence-electron chi connectivity index (χ2n) is 2.96. The van der Waals surface area contributed by atoms with Gasteiger partial charge in [0.05, 0.1) is 18.3 Å². The molecule has 0 bridgehead atoms. The Hall–Kier alpha value is -1.59. The van der Waals surface area contributed by atoms with Crippen molar-refractivity contribution in [3.8, 4) is 0 Å². The fraction of sp³-hybridized carbons (Fsp3) is 0.333. The minimum absolute atomic E-state index is 0.253. The van der Waals surface area contributed by atoms with E-state index in [1.165, 1.54) is 6.92 Å². The maximum absolute atomic E-state index is 12.9. The van der Waals surface area contributed by atoms with Crippen molar-refractivity contribution in [1.82, 2.24) is 4.98 Å². The van der Waals surface area contributed by atoms with Crippen molar-refractivity contribution in [1.29, 1.82) is 0 Å². The third-order valence-corrected chi connectivity index (χ3v) is 1.94. The lowest BCUT2D eigenvalue weighted by Crippen LogP contribution is -2.09. The minimum Gasteiger partial charge on any atom is -0.481 e. The smallest absolute Gasteiger partial charge is 0.309 e. The molecule has 0 spiro atoms. The summed E-state index contributed by atoms with van der Waals surface area (Å²) >= 11 is 0. The van der Waals surface area contributed by atoms with Crippen LogP contribution in [0.5, 0.6) is 0 Å². The summed E-state index contributed by atoms with van der Waals surface area (Å²) in [6.45, 7) is 1.17. The maximum atomic E-state index is 12.9. The van der Waals surface area contributed by atoms with E-state index in [1.54, 1.807) is 0 Å². The quantitative estimate of drug-likeness (QED) is 0.846. The fourth-order valence-electron chi connectivity index (χ4n) is 1.22. The molecule has 0 saturated heterocycles. The van der Waals surface area contributed by atoms with E-state index in [0.717, 1.165) is 6.20 Å². The van der Waals surface area contributed by atoms with Crippen molar-refractivity contribution in [2.45, 2.75) is 19.8 Å². The number of pyridine rings is 1. The first-order valence-electron chi connectivity index (χ1n) is 4.07. The molecule has 0 amide bonds. The Bertz CT molecular complexity index is 393. The van der Waals surface area contributed by atoms with Gasteiger partial charge in [-0.1, -0.05) is 0 Å². The van der Waals surface area contributed by atoms with E-state index in [4.69, 9.17) is 5.11 Å². The summed E-state index contributed by atoms with van der Waals surface area (Å²) in [4.78, 5) is 13.7. The second-order valence-corrected chi connectivity index (χ2v) is 2.96. The van der Waals surface area contributed by atoms with E-state index in [2.05, 4.69) is 4.98 Å². The third-order valence-electron chi connectivity index (χ3n) is 1.94. The van der Waals surface area contributed by atoms with Gasteiger partial charge in [-0.05, 0) is 12.5 Å². The number of aromatic nitrogens is 1. The van der Waals surface area contributed by atoms with Gasteiger partial charge in [-0.2, -0.15) is 0 Å². The molecular formula is C9H8F3NO2. The number of hydrogen-bond donors (Lipinski definition) is 1. The molecule has 1 heterocycles. The molecule has 0 aliphatic heterocycles. The van der Waals surface area contributed by atoms with Gasteiger partial charge >= 0.3 is 5.97 Å². The van der Waals surface area contributed by atoms with E-state index < -0.39 is 30.2 Å². The molecule has 0 atom stereocenters. The van der Waals surface area contributed by atoms with Crippen LogP contribution >= 0.6 is 0 Å². The number of alkyl halides is 2. The number of nitrogens with zero attached hydrogens (tertiary/aromatic N) is 1. The molecule has 0 saturated carbocycles. The van der Waals surface area contributed by atoms with E-state index in [9.17, 15) is 18.0 Å². The zero-order valence-corrected chi connectivity index (χ0v) is 7.80. The molecule has 1 rings (SSSR count). The number of hydrogen-bond acceptors (Lipinski definition) is 2. The number of halogens is 3. The summed E-state index contributed by atoms with van der Waals surface area (Å²) in [5, 5.41) is 8.45. The van der Waals surface area contributed by atoms with Crippen molar-refractivity contribution >= 4 is 5.97 Å². The normalized spacial score (nSPS) is 10.7. The van der Waals surface area contributed by atoms with Gasteiger partial charge in [0.1, 0.15) is 5.82 Å². The highest BCUT2D eigenvalue weighted by Gasteiger charge is 2.21. The summed E-state index contributed by atoms with van der Waals surface area (Å²) in [5.74, 6) is -2.14. The molecule has 15 heavy (non-hydrogen) atoms. The Morgan fingerprint density at radius 3 is 2.67 bits per heavy atom. The zero-order chi connectivity index (χ0) is 11.6. The predicted molar refractivity (Wildman–Crippen MR) is 45.2 cm³/mol. The summed E-state index contributed by atoms with van der Waals surface area (Å²) in [5.41, 5.74) is -1.18. The molecule has 0 radical (unpaired) electrons. The van der Waals surface area contributed by atoms with Crippen molar-refractivity contribution in [3.63, 3.8) is 0 Å². The van der Waals surface area contributed by atoms with E-state index >= 15 is 0 Å². The number of carboxylic acids is 1. The predicted octanol–water partition coefficient (Wildman–Crippen LogP) is 2.09. The van der Waals surface area contributed by atoms with E-state index in [0.29, 0.717) is 0 Å². The van der Waals surface area contributed by atoms with Crippen LogP contribution in [0.1, 0.15) is 23.2 Å². The van der Waals surface area contributed by atoms with Crippen LogP contribution in [0.3, 0.4) is 0 Å². The molecule has 1 aromatic heterocycles. The zero-order valence-electron chi connectivity index (χ0n) is 7.80. The number of carbonyl (C=O) groups is 1. The van der Waals surface area contributed by atoms with Crippen LogP contribution in [-0.2, 0) is 11.2 Å². The molecule has 1 N–H and O–H groups in total. The summed E-state index contributed by atoms with van der Waals surface area (Å²) < 4.78 is 38.0. The first-order valence-corrected chi connectivity index (χ1v) is 4.07. The molecule has 0 aliphatic rings. The van der Waals surface area contributed by atoms with Gasteiger partial charge in [0.15, 0.2) is 0 Å². The lowest BCUT2D eigenvalue weighted by molar-refractivity contribution is -0.136. The molecule has 82 valence electrons. The average Bonchev–Trinajstić information content (AvgIpc) is 2.10. The lowest BCUT2D eigenvalue weighted by atomic mass is 10.1. The third kappa shape index (κ3) is 2.45. The van der Waals surface area contributed by atoms with E-state index in [-0.39, 0.29) is 11.3 Å². The number of rotatable bonds is 3. The van der Waals surface area contributed by atoms with Crippen LogP contribution in [0.4, 0.5) is 13.2 Å². The summed E-state index contributed by atoms with van der Waals surface area (Å²) in [6.07, 6.45) is -2.82. The van der Waals surface area contributed by atoms with Crippen molar-refractivity contribution in [2.75, 3.05) is 0 Å². The topological polar surface area (TPSA) is 50.2 Å². The van der Waals surface area contributed by atoms with Crippen molar-refractivity contribution < 1.29 is 23.1 Å². The minimum atomic E-state index is -2.93. The second kappa shape index (κ2) is 4.29. The maximum Gasteiger partial charge on any atom is 0.309 e. The monoisotopic (exact) mass is 219 g/mol. The van der Waals surface area contributed by atoms with Crippen LogP contribution in [0.25, 0.3) is 0 Å². The average molecular weight is 219 g/mol. The van der Waals surface area contributed by atoms with Crippen molar-refractivity contribution in [2.24, 2.45) is 0 Å². The molecule has 0 aliphatic carbocycles. The molecule has 6 heteroatoms. The van der Waals surface area contributed by atoms with Crippen molar-refractivity contribution in [3.05, 3.63) is 28.8 Å². The Kier molecular flexibility index (Phi) is 3.28. The van der Waals surface area contributed by atoms with Gasteiger partial charge < -0.3 is 5.11 Å². The fourth-order valence-corrected chi connectivity index (χ4v) is 1.22. The molecule has 0 unspecified atom stereocenters. The van der Waals surface area contributed by atoms with Gasteiger partial charge in [-0.3, -0.25) is 9.78 Å². The molecular weight excluding hydrogens is 211 g/mol. The van der Waals surface area contributed by atoms with Gasteiger partial charge in [0.2, 0.25) is 0 Å². The molecule has 3 nitrogen and oxygen atoms in total.